The van der Waals surface area contributed by atoms with Crippen LogP contribution < -0.4 is 0 Å². The van der Waals surface area contributed by atoms with Gasteiger partial charge < -0.3 is 0 Å². The van der Waals surface area contributed by atoms with Crippen LogP contribution in [0.3, 0.4) is 0 Å². The minimum absolute atomic E-state index is 0.209. The number of hydrogen-bond acceptors (Lipinski definition) is 0. The Balaban J connectivity index is 0.000000136. The van der Waals surface area contributed by atoms with Crippen molar-refractivity contribution in [2.24, 2.45) is 0 Å². The van der Waals surface area contributed by atoms with Gasteiger partial charge >= 0.3 is 0 Å². The molecule has 0 unspecified atom stereocenters. The highest BCUT2D eigenvalue weighted by Crippen LogP contribution is 2.11. The first-order valence-electron chi connectivity index (χ1n) is 5.42. The van der Waals surface area contributed by atoms with Gasteiger partial charge in [0.25, 0.3) is 0 Å². The van der Waals surface area contributed by atoms with Crippen LogP contribution in [0.5, 0.6) is 0 Å². The van der Waals surface area contributed by atoms with Crippen LogP contribution >= 0.6 is 0 Å². The molecule has 0 saturated heterocycles. The van der Waals surface area contributed by atoms with Crippen LogP contribution in [0.1, 0.15) is 0 Å². The number of benzene rings is 3. The zero-order valence-corrected chi connectivity index (χ0v) is 9.31. The smallest absolute Gasteiger partial charge is 0.123 e. The highest BCUT2D eigenvalue weighted by Gasteiger charge is 1.85. The predicted octanol–water partition coefficient (Wildman–Crippen LogP) is 4.47. The number of rotatable bonds is 0. The molecule has 17 heavy (non-hydrogen) atoms. The van der Waals surface area contributed by atoms with Crippen molar-refractivity contribution in [3.63, 3.8) is 0 Å². The summed E-state index contributed by atoms with van der Waals surface area (Å²) in [6.45, 7) is 0. The first-order chi connectivity index (χ1) is 8.36. The second-order valence-corrected chi connectivity index (χ2v) is 3.57. The third kappa shape index (κ3) is 3.42. The quantitative estimate of drug-likeness (QED) is 0.527. The summed E-state index contributed by atoms with van der Waals surface area (Å²) in [5.74, 6) is -0.209. The number of halogens is 1. The largest absolute Gasteiger partial charge is 0.207 e. The molecule has 0 N–H and O–H groups in total. The van der Waals surface area contributed by atoms with E-state index in [1.165, 1.54) is 35.0 Å². The Labute approximate surface area is 100 Å². The van der Waals surface area contributed by atoms with Crippen molar-refractivity contribution in [3.05, 3.63) is 84.7 Å². The molecule has 0 spiro atoms. The van der Waals surface area contributed by atoms with Crippen molar-refractivity contribution < 1.29 is 4.39 Å². The molecule has 0 aromatic heterocycles. The fourth-order valence-corrected chi connectivity index (χ4v) is 1.50. The summed E-state index contributed by atoms with van der Waals surface area (Å²) >= 11 is 0. The Morgan fingerprint density at radius 1 is 0.647 bits per heavy atom. The molecule has 0 aliphatic heterocycles. The normalized spacial score (nSPS) is 9.47. The van der Waals surface area contributed by atoms with Crippen LogP contribution in [0.15, 0.2) is 72.8 Å². The molecule has 0 fully saturated rings. The first-order valence-corrected chi connectivity index (χ1v) is 5.42. The third-order valence-electron chi connectivity index (χ3n) is 2.34. The van der Waals surface area contributed by atoms with E-state index in [2.05, 4.69) is 54.6 Å². The van der Waals surface area contributed by atoms with Gasteiger partial charge in [-0.15, -0.1) is 0 Å². The van der Waals surface area contributed by atoms with Gasteiger partial charge in [-0.1, -0.05) is 60.7 Å². The van der Waals surface area contributed by atoms with Gasteiger partial charge in [0, 0.05) is 0 Å². The van der Waals surface area contributed by atoms with Crippen molar-refractivity contribution in [2.45, 2.75) is 0 Å². The average molecular weight is 223 g/mol. The summed E-state index contributed by atoms with van der Waals surface area (Å²) in [6.07, 6.45) is 0. The van der Waals surface area contributed by atoms with E-state index < -0.39 is 0 Å². The minimum atomic E-state index is -0.209. The minimum Gasteiger partial charge on any atom is -0.207 e. The molecule has 0 nitrogen and oxygen atoms in total. The second-order valence-electron chi connectivity index (χ2n) is 3.57. The van der Waals surface area contributed by atoms with Crippen molar-refractivity contribution in [1.82, 2.24) is 0 Å². The highest BCUT2D eigenvalue weighted by atomic mass is 19.1. The Morgan fingerprint density at radius 3 is 1.35 bits per heavy atom. The van der Waals surface area contributed by atoms with Gasteiger partial charge in [-0.3, -0.25) is 0 Å². The lowest BCUT2D eigenvalue weighted by Crippen LogP contribution is -1.67. The molecular weight excluding hydrogens is 211 g/mol. The standard InChI is InChI=1S/C10H8.C6H4F/c1-2-6-10-8-4-3-7-9(10)5-1;7-6-4-2-1-3-5-6/h1-8H;2-5H. The Bertz CT molecular complexity index is 508. The second kappa shape index (κ2) is 5.80. The Kier molecular flexibility index (Phi) is 3.87. The lowest BCUT2D eigenvalue weighted by molar-refractivity contribution is 0.628. The zero-order valence-electron chi connectivity index (χ0n) is 9.31. The lowest BCUT2D eigenvalue weighted by atomic mass is 10.1. The number of fused-ring (bicyclic) bond motifs is 1. The lowest BCUT2D eigenvalue weighted by Gasteiger charge is -1.92. The highest BCUT2D eigenvalue weighted by molar-refractivity contribution is 5.81. The van der Waals surface area contributed by atoms with Crippen LogP contribution in [0.2, 0.25) is 0 Å². The fraction of sp³-hybridized carbons (Fsp3) is 0. The maximum absolute atomic E-state index is 11.9. The molecule has 1 radical (unpaired) electrons. The summed E-state index contributed by atoms with van der Waals surface area (Å²) in [5.41, 5.74) is 0. The van der Waals surface area contributed by atoms with Crippen molar-refractivity contribution >= 4 is 10.8 Å². The average Bonchev–Trinajstić information content (AvgIpc) is 2.41. The molecule has 0 aliphatic carbocycles. The van der Waals surface area contributed by atoms with Gasteiger partial charge in [-0.05, 0) is 29.0 Å². The third-order valence-corrected chi connectivity index (χ3v) is 2.34. The summed E-state index contributed by atoms with van der Waals surface area (Å²) in [7, 11) is 0. The molecule has 0 aliphatic rings. The number of hydrogen-bond donors (Lipinski definition) is 0. The van der Waals surface area contributed by atoms with Crippen LogP contribution in [0.4, 0.5) is 4.39 Å². The van der Waals surface area contributed by atoms with E-state index in [0.29, 0.717) is 0 Å². The maximum Gasteiger partial charge on any atom is 0.123 e. The van der Waals surface area contributed by atoms with E-state index in [1.54, 1.807) is 0 Å². The fourth-order valence-electron chi connectivity index (χ4n) is 1.50. The van der Waals surface area contributed by atoms with E-state index in [1.807, 2.05) is 0 Å². The Hall–Kier alpha value is -2.15. The van der Waals surface area contributed by atoms with Gasteiger partial charge in [-0.25, -0.2) is 4.39 Å². The Morgan fingerprint density at radius 2 is 1.06 bits per heavy atom. The molecule has 0 bridgehead atoms. The maximum atomic E-state index is 11.9. The van der Waals surface area contributed by atoms with E-state index in [0.717, 1.165) is 0 Å². The molecule has 3 aromatic carbocycles. The molecule has 0 saturated carbocycles. The summed E-state index contributed by atoms with van der Waals surface area (Å²) in [5, 5.41) is 2.62. The van der Waals surface area contributed by atoms with E-state index >= 15 is 0 Å². The molecule has 3 rings (SSSR count). The van der Waals surface area contributed by atoms with E-state index in [4.69, 9.17) is 0 Å². The van der Waals surface area contributed by atoms with Gasteiger partial charge in [0.15, 0.2) is 0 Å². The van der Waals surface area contributed by atoms with Gasteiger partial charge in [-0.2, -0.15) is 0 Å². The molecule has 83 valence electrons. The van der Waals surface area contributed by atoms with Crippen LogP contribution in [-0.4, -0.2) is 0 Å². The topological polar surface area (TPSA) is 0 Å². The predicted molar refractivity (Wildman–Crippen MR) is 69.2 cm³/mol. The summed E-state index contributed by atoms with van der Waals surface area (Å²) in [4.78, 5) is 0. The van der Waals surface area contributed by atoms with E-state index in [-0.39, 0.29) is 5.82 Å². The molecule has 0 amide bonds. The molecule has 1 heteroatoms. The van der Waals surface area contributed by atoms with Gasteiger partial charge in [0.1, 0.15) is 5.82 Å². The van der Waals surface area contributed by atoms with Crippen molar-refractivity contribution in [3.8, 4) is 0 Å². The van der Waals surface area contributed by atoms with Gasteiger partial charge in [0.05, 0.1) is 0 Å². The molecular formula is C16H12F. The van der Waals surface area contributed by atoms with Crippen molar-refractivity contribution in [2.75, 3.05) is 0 Å². The van der Waals surface area contributed by atoms with Gasteiger partial charge in [0.2, 0.25) is 0 Å². The van der Waals surface area contributed by atoms with Crippen molar-refractivity contribution in [1.29, 1.82) is 0 Å². The van der Waals surface area contributed by atoms with E-state index in [9.17, 15) is 4.39 Å². The zero-order chi connectivity index (χ0) is 11.9. The summed E-state index contributed by atoms with van der Waals surface area (Å²) in [6, 6.07) is 25.2. The van der Waals surface area contributed by atoms with Crippen LogP contribution in [0, 0.1) is 11.9 Å². The monoisotopic (exact) mass is 223 g/mol. The molecule has 3 aromatic rings. The summed E-state index contributed by atoms with van der Waals surface area (Å²) < 4.78 is 11.9. The SMILES string of the molecule is Fc1cc[c]cc1.c1ccc2ccccc2c1. The van der Waals surface area contributed by atoms with Crippen LogP contribution in [0.25, 0.3) is 10.8 Å². The van der Waals surface area contributed by atoms with Crippen LogP contribution in [-0.2, 0) is 0 Å². The first kappa shape index (κ1) is 11.3. The molecule has 0 atom stereocenters. The molecule has 0 heterocycles.